The number of likely N-dealkylation sites (tertiary alicyclic amines) is 1. The zero-order valence-electron chi connectivity index (χ0n) is 14.4. The van der Waals surface area contributed by atoms with Crippen LogP contribution in [-0.2, 0) is 23.8 Å². The molecule has 0 N–H and O–H groups in total. The third kappa shape index (κ3) is 5.25. The van der Waals surface area contributed by atoms with Gasteiger partial charge in [0.1, 0.15) is 11.6 Å². The van der Waals surface area contributed by atoms with Crippen molar-refractivity contribution < 1.29 is 26.9 Å². The van der Waals surface area contributed by atoms with Gasteiger partial charge in [-0.05, 0) is 20.8 Å². The molecule has 0 aromatic rings. The summed E-state index contributed by atoms with van der Waals surface area (Å²) in [4.78, 5) is 28.1. The number of hydrogen-bond acceptors (Lipinski definition) is 7. The Kier molecular flexibility index (Phi) is 5.71. The number of rotatable bonds is 3. The molecule has 0 aromatic carbocycles. The standard InChI is InChI=1S/C14H24N2O6S2/c1-14(2,3)21-13(18)16-8-10(22-24(4,19)20)7-11(16)12(17)15-5-6-23-9-15/h10-11H,5-9H2,1-4H3. The molecule has 2 aliphatic heterocycles. The fraction of sp³-hybridized carbons (Fsp3) is 0.857. The van der Waals surface area contributed by atoms with Gasteiger partial charge in [-0.15, -0.1) is 11.8 Å². The highest BCUT2D eigenvalue weighted by Crippen LogP contribution is 2.27. The first kappa shape index (κ1) is 19.3. The van der Waals surface area contributed by atoms with Crippen LogP contribution < -0.4 is 0 Å². The third-order valence-corrected chi connectivity index (χ3v) is 5.14. The molecule has 2 saturated heterocycles. The van der Waals surface area contributed by atoms with Gasteiger partial charge in [-0.3, -0.25) is 13.9 Å². The Balaban J connectivity index is 2.15. The van der Waals surface area contributed by atoms with Gasteiger partial charge in [-0.25, -0.2) is 4.79 Å². The summed E-state index contributed by atoms with van der Waals surface area (Å²) in [6, 6.07) is -0.759. The number of amides is 2. The molecule has 0 bridgehead atoms. The average Bonchev–Trinajstić information content (AvgIpc) is 3.02. The Hall–Kier alpha value is -1.00. The van der Waals surface area contributed by atoms with Gasteiger partial charge >= 0.3 is 6.09 Å². The van der Waals surface area contributed by atoms with Gasteiger partial charge in [0.2, 0.25) is 5.91 Å². The van der Waals surface area contributed by atoms with Crippen LogP contribution in [0.15, 0.2) is 0 Å². The van der Waals surface area contributed by atoms with Crippen molar-refractivity contribution >= 4 is 33.9 Å². The van der Waals surface area contributed by atoms with E-state index in [2.05, 4.69) is 0 Å². The predicted octanol–water partition coefficient (Wildman–Crippen LogP) is 0.873. The van der Waals surface area contributed by atoms with E-state index in [9.17, 15) is 18.0 Å². The Morgan fingerprint density at radius 2 is 1.92 bits per heavy atom. The SMILES string of the molecule is CC(C)(C)OC(=O)N1CC(OS(C)(=O)=O)CC1C(=O)N1CCSC1. The Morgan fingerprint density at radius 3 is 2.42 bits per heavy atom. The first-order chi connectivity index (χ1) is 11.0. The highest BCUT2D eigenvalue weighted by molar-refractivity contribution is 7.99. The number of carbonyl (C=O) groups is 2. The summed E-state index contributed by atoms with van der Waals surface area (Å²) in [5.74, 6) is 1.24. The van der Waals surface area contributed by atoms with Gasteiger partial charge in [0, 0.05) is 18.7 Å². The number of nitrogens with zero attached hydrogens (tertiary/aromatic N) is 2. The van der Waals surface area contributed by atoms with Crippen molar-refractivity contribution in [1.29, 1.82) is 0 Å². The number of ether oxygens (including phenoxy) is 1. The van der Waals surface area contributed by atoms with Gasteiger partial charge in [0.05, 0.1) is 24.8 Å². The van der Waals surface area contributed by atoms with Crippen molar-refractivity contribution in [1.82, 2.24) is 9.80 Å². The molecule has 8 nitrogen and oxygen atoms in total. The maximum Gasteiger partial charge on any atom is 0.411 e. The molecule has 24 heavy (non-hydrogen) atoms. The summed E-state index contributed by atoms with van der Waals surface area (Å²) in [5, 5.41) is 0. The molecule has 0 aliphatic carbocycles. The Labute approximate surface area is 146 Å². The van der Waals surface area contributed by atoms with E-state index < -0.39 is 34.0 Å². The molecule has 138 valence electrons. The zero-order chi connectivity index (χ0) is 18.1. The quantitative estimate of drug-likeness (QED) is 0.671. The van der Waals surface area contributed by atoms with E-state index in [0.29, 0.717) is 12.4 Å². The molecular weight excluding hydrogens is 356 g/mol. The fourth-order valence-corrected chi connectivity index (χ4v) is 4.26. The van der Waals surface area contributed by atoms with Gasteiger partial charge in [-0.1, -0.05) is 0 Å². The zero-order valence-corrected chi connectivity index (χ0v) is 16.0. The van der Waals surface area contributed by atoms with Crippen LogP contribution in [0.4, 0.5) is 4.79 Å². The van der Waals surface area contributed by atoms with Crippen LogP contribution in [0.25, 0.3) is 0 Å². The molecule has 10 heteroatoms. The summed E-state index contributed by atoms with van der Waals surface area (Å²) < 4.78 is 33.1. The lowest BCUT2D eigenvalue weighted by atomic mass is 10.1. The summed E-state index contributed by atoms with van der Waals surface area (Å²) in [6.45, 7) is 5.84. The van der Waals surface area contributed by atoms with Gasteiger partial charge in [-0.2, -0.15) is 8.42 Å². The van der Waals surface area contributed by atoms with E-state index >= 15 is 0 Å². The second kappa shape index (κ2) is 7.09. The molecule has 2 amide bonds. The van der Waals surface area contributed by atoms with Crippen molar-refractivity contribution in [2.75, 3.05) is 31.0 Å². The van der Waals surface area contributed by atoms with Crippen molar-refractivity contribution in [3.8, 4) is 0 Å². The summed E-state index contributed by atoms with van der Waals surface area (Å²) in [6.07, 6.45) is -0.271. The normalized spacial score (nSPS) is 25.2. The molecular formula is C14H24N2O6S2. The molecule has 2 unspecified atom stereocenters. The summed E-state index contributed by atoms with van der Waals surface area (Å²) in [7, 11) is -3.67. The van der Waals surface area contributed by atoms with Crippen molar-refractivity contribution in [3.05, 3.63) is 0 Å². The van der Waals surface area contributed by atoms with E-state index in [1.54, 1.807) is 37.4 Å². The van der Waals surface area contributed by atoms with E-state index in [0.717, 1.165) is 12.0 Å². The molecule has 2 fully saturated rings. The smallest absolute Gasteiger partial charge is 0.411 e. The lowest BCUT2D eigenvalue weighted by molar-refractivity contribution is -0.134. The number of thioether (sulfide) groups is 1. The second-order valence-corrected chi connectivity index (χ2v) is 9.62. The predicted molar refractivity (Wildman–Crippen MR) is 90.1 cm³/mol. The summed E-state index contributed by atoms with van der Waals surface area (Å²) in [5.41, 5.74) is -0.704. The van der Waals surface area contributed by atoms with E-state index in [1.807, 2.05) is 0 Å². The van der Waals surface area contributed by atoms with Crippen LogP contribution in [0.2, 0.25) is 0 Å². The molecule has 0 saturated carbocycles. The molecule has 2 rings (SSSR count). The molecule has 0 aromatic heterocycles. The van der Waals surface area contributed by atoms with Crippen molar-refractivity contribution in [3.63, 3.8) is 0 Å². The van der Waals surface area contributed by atoms with Crippen LogP contribution in [-0.4, -0.2) is 78.9 Å². The monoisotopic (exact) mass is 380 g/mol. The van der Waals surface area contributed by atoms with E-state index in [4.69, 9.17) is 8.92 Å². The topological polar surface area (TPSA) is 93.2 Å². The number of hydrogen-bond donors (Lipinski definition) is 0. The fourth-order valence-electron chi connectivity index (χ4n) is 2.67. The van der Waals surface area contributed by atoms with Crippen LogP contribution in [0.1, 0.15) is 27.2 Å². The molecule has 2 atom stereocenters. The average molecular weight is 380 g/mol. The third-order valence-electron chi connectivity index (χ3n) is 3.55. The largest absolute Gasteiger partial charge is 0.444 e. The molecule has 0 spiro atoms. The van der Waals surface area contributed by atoms with Crippen LogP contribution in [0.5, 0.6) is 0 Å². The van der Waals surface area contributed by atoms with Crippen LogP contribution >= 0.6 is 11.8 Å². The lowest BCUT2D eigenvalue weighted by Crippen LogP contribution is -2.48. The second-order valence-electron chi connectivity index (χ2n) is 6.95. The summed E-state index contributed by atoms with van der Waals surface area (Å²) >= 11 is 1.64. The van der Waals surface area contributed by atoms with Crippen LogP contribution in [0.3, 0.4) is 0 Å². The van der Waals surface area contributed by atoms with Gasteiger partial charge in [0.25, 0.3) is 10.1 Å². The highest BCUT2D eigenvalue weighted by Gasteiger charge is 2.44. The maximum absolute atomic E-state index is 12.7. The Bertz CT molecular complexity index is 595. The first-order valence-corrected chi connectivity index (χ1v) is 10.7. The van der Waals surface area contributed by atoms with Gasteiger partial charge < -0.3 is 9.64 Å². The van der Waals surface area contributed by atoms with Crippen molar-refractivity contribution in [2.24, 2.45) is 0 Å². The first-order valence-electron chi connectivity index (χ1n) is 7.71. The maximum atomic E-state index is 12.7. The highest BCUT2D eigenvalue weighted by atomic mass is 32.2. The van der Waals surface area contributed by atoms with Crippen LogP contribution in [0, 0.1) is 0 Å². The van der Waals surface area contributed by atoms with Crippen molar-refractivity contribution in [2.45, 2.75) is 44.9 Å². The van der Waals surface area contributed by atoms with E-state index in [-0.39, 0.29) is 18.9 Å². The molecule has 0 radical (unpaired) electrons. The van der Waals surface area contributed by atoms with Gasteiger partial charge in [0.15, 0.2) is 0 Å². The minimum Gasteiger partial charge on any atom is -0.444 e. The molecule has 2 heterocycles. The van der Waals surface area contributed by atoms with E-state index in [1.165, 1.54) is 4.90 Å². The minimum atomic E-state index is -3.67. The minimum absolute atomic E-state index is 0.0133. The Morgan fingerprint density at radius 1 is 1.25 bits per heavy atom. The molecule has 2 aliphatic rings. The lowest BCUT2D eigenvalue weighted by Gasteiger charge is -2.29. The number of carbonyl (C=O) groups excluding carboxylic acids is 2.